The van der Waals surface area contributed by atoms with Crippen LogP contribution < -0.4 is 10.5 Å². The maximum absolute atomic E-state index is 13.9. The largest absolute Gasteiger partial charge is 0.510 e. The molecule has 11 heteroatoms. The number of aliphatic hydroxyl groups is 4. The van der Waals surface area contributed by atoms with Crippen molar-refractivity contribution in [3.8, 4) is 11.5 Å². The van der Waals surface area contributed by atoms with Gasteiger partial charge in [-0.2, -0.15) is 0 Å². The summed E-state index contributed by atoms with van der Waals surface area (Å²) < 4.78 is 5.65. The molecule has 5 rings (SSSR count). The number of hydrogen-bond acceptors (Lipinski definition) is 10. The van der Waals surface area contributed by atoms with Gasteiger partial charge < -0.3 is 36.0 Å². The lowest BCUT2D eigenvalue weighted by molar-refractivity contribution is -0.148. The minimum atomic E-state index is -2.70. The molecule has 0 heterocycles. The van der Waals surface area contributed by atoms with Gasteiger partial charge in [0.1, 0.15) is 28.6 Å². The highest BCUT2D eigenvalue weighted by Gasteiger charge is 2.63. The maximum atomic E-state index is 13.9. The van der Waals surface area contributed by atoms with E-state index in [1.165, 1.54) is 18.1 Å². The highest BCUT2D eigenvalue weighted by atomic mass is 16.5. The predicted octanol–water partition coefficient (Wildman–Crippen LogP) is 0.775. The van der Waals surface area contributed by atoms with Crippen molar-refractivity contribution in [2.75, 3.05) is 21.2 Å². The van der Waals surface area contributed by atoms with Crippen molar-refractivity contribution in [3.63, 3.8) is 0 Å². The standard InChI is InChI=1S/C27H28N2O9/c1-29(2)19-15-8-11-7-14-17(20(31)13-6-10(9-30)4-5-12(13)23(14)38-3)21(32)16(11)24(34)27(15,37)25(35)18(22(19)33)26(28)36/h4-6,11,15,19,30-31,33-34,37H,7-9H2,1-3H3,(H2,28,36)/t11-,15?,19-,27-/m0/s1. The zero-order chi connectivity index (χ0) is 27.8. The van der Waals surface area contributed by atoms with E-state index in [-0.39, 0.29) is 41.7 Å². The molecule has 7 N–H and O–H groups in total. The second-order valence-electron chi connectivity index (χ2n) is 10.2. The van der Waals surface area contributed by atoms with Crippen molar-refractivity contribution in [3.05, 3.63) is 57.6 Å². The molecule has 0 saturated heterocycles. The van der Waals surface area contributed by atoms with Crippen LogP contribution in [-0.4, -0.2) is 80.8 Å². The summed E-state index contributed by atoms with van der Waals surface area (Å²) in [4.78, 5) is 40.9. The Bertz CT molecular complexity index is 1510. The topological polar surface area (TPSA) is 191 Å². The number of carbonyl (C=O) groups is 3. The lowest BCUT2D eigenvalue weighted by Crippen LogP contribution is -2.63. The number of methoxy groups -OCH3 is 1. The Morgan fingerprint density at radius 3 is 2.45 bits per heavy atom. The van der Waals surface area contributed by atoms with Crippen molar-refractivity contribution in [2.24, 2.45) is 17.6 Å². The van der Waals surface area contributed by atoms with Crippen LogP contribution in [0.3, 0.4) is 0 Å². The second kappa shape index (κ2) is 8.55. The lowest BCUT2D eigenvalue weighted by atomic mass is 9.58. The molecule has 4 atom stereocenters. The molecular weight excluding hydrogens is 496 g/mol. The van der Waals surface area contributed by atoms with Gasteiger partial charge in [-0.15, -0.1) is 0 Å². The SMILES string of the molecule is COc1c2c(c(O)c3cc(CO)ccc13)C(=O)C1=C(O)[C@]3(O)C(=O)C(C(N)=O)=C(O)[C@@H](N(C)C)C3C[C@@H]1C2. The molecule has 38 heavy (non-hydrogen) atoms. The van der Waals surface area contributed by atoms with E-state index in [9.17, 15) is 39.9 Å². The van der Waals surface area contributed by atoms with E-state index in [2.05, 4.69) is 0 Å². The summed E-state index contributed by atoms with van der Waals surface area (Å²) >= 11 is 0. The number of aromatic hydroxyl groups is 1. The molecule has 0 spiro atoms. The van der Waals surface area contributed by atoms with Crippen LogP contribution in [0.5, 0.6) is 11.5 Å². The number of rotatable bonds is 4. The van der Waals surface area contributed by atoms with Crippen molar-refractivity contribution in [1.82, 2.24) is 4.90 Å². The molecule has 3 aliphatic rings. The third kappa shape index (κ3) is 3.15. The summed E-state index contributed by atoms with van der Waals surface area (Å²) in [6, 6.07) is 3.79. The van der Waals surface area contributed by atoms with Crippen molar-refractivity contribution in [1.29, 1.82) is 0 Å². The molecule has 0 fully saturated rings. The number of ketones is 2. The number of nitrogens with two attached hydrogens (primary N) is 1. The summed E-state index contributed by atoms with van der Waals surface area (Å²) in [5, 5.41) is 55.4. The number of nitrogens with zero attached hydrogens (tertiary/aromatic N) is 1. The Morgan fingerprint density at radius 1 is 1.18 bits per heavy atom. The van der Waals surface area contributed by atoms with Gasteiger partial charge in [-0.25, -0.2) is 0 Å². The fourth-order valence-corrected chi connectivity index (χ4v) is 6.46. The highest BCUT2D eigenvalue weighted by molar-refractivity contribution is 6.25. The van der Waals surface area contributed by atoms with Gasteiger partial charge in [0.05, 0.1) is 25.3 Å². The summed E-state index contributed by atoms with van der Waals surface area (Å²) in [6.45, 7) is -0.303. The zero-order valence-electron chi connectivity index (χ0n) is 21.0. The molecule has 11 nitrogen and oxygen atoms in total. The number of carbonyl (C=O) groups excluding carboxylic acids is 3. The summed E-state index contributed by atoms with van der Waals surface area (Å²) in [5.41, 5.74) is 2.28. The first-order valence-electron chi connectivity index (χ1n) is 12.0. The third-order valence-electron chi connectivity index (χ3n) is 8.10. The second-order valence-corrected chi connectivity index (χ2v) is 10.2. The highest BCUT2D eigenvalue weighted by Crippen LogP contribution is 2.54. The number of allylic oxidation sites excluding steroid dienone is 1. The van der Waals surface area contributed by atoms with E-state index >= 15 is 0 Å². The van der Waals surface area contributed by atoms with Gasteiger partial charge >= 0.3 is 0 Å². The quantitative estimate of drug-likeness (QED) is 0.312. The fourth-order valence-electron chi connectivity index (χ4n) is 6.46. The maximum Gasteiger partial charge on any atom is 0.255 e. The summed E-state index contributed by atoms with van der Waals surface area (Å²) in [6.07, 6.45) is 0.0973. The number of phenols is 1. The molecule has 2 aromatic rings. The molecule has 2 aromatic carbocycles. The fraction of sp³-hybridized carbons (Fsp3) is 0.370. The van der Waals surface area contributed by atoms with Crippen LogP contribution >= 0.6 is 0 Å². The smallest absolute Gasteiger partial charge is 0.255 e. The molecule has 0 aliphatic heterocycles. The van der Waals surface area contributed by atoms with Gasteiger partial charge in [-0.1, -0.05) is 12.1 Å². The van der Waals surface area contributed by atoms with E-state index < -0.39 is 58.0 Å². The van der Waals surface area contributed by atoms with Crippen LogP contribution in [0.4, 0.5) is 0 Å². The molecule has 0 saturated carbocycles. The van der Waals surface area contributed by atoms with Crippen molar-refractivity contribution >= 4 is 28.2 Å². The van der Waals surface area contributed by atoms with Crippen LogP contribution in [0, 0.1) is 11.8 Å². The Balaban J connectivity index is 1.78. The number of Topliss-reactive ketones (excluding diaryl/α,β-unsaturated/α-hetero) is 2. The molecule has 0 bridgehead atoms. The normalized spacial score (nSPS) is 26.9. The Kier molecular flexibility index (Phi) is 5.78. The number of phenolic OH excluding ortho intramolecular Hbond substituents is 1. The first-order chi connectivity index (χ1) is 17.9. The molecule has 200 valence electrons. The van der Waals surface area contributed by atoms with Gasteiger partial charge in [0.25, 0.3) is 5.91 Å². The summed E-state index contributed by atoms with van der Waals surface area (Å²) in [7, 11) is 4.57. The number of aliphatic hydroxyl groups excluding tert-OH is 3. The summed E-state index contributed by atoms with van der Waals surface area (Å²) in [5.74, 6) is -6.79. The lowest BCUT2D eigenvalue weighted by Gasteiger charge is -2.50. The molecule has 0 radical (unpaired) electrons. The average Bonchev–Trinajstić information content (AvgIpc) is 2.86. The van der Waals surface area contributed by atoms with Crippen LogP contribution in [0.15, 0.2) is 40.9 Å². The number of primary amides is 1. The predicted molar refractivity (Wildman–Crippen MR) is 134 cm³/mol. The van der Waals surface area contributed by atoms with E-state index in [4.69, 9.17) is 10.5 Å². The number of benzene rings is 2. The van der Waals surface area contributed by atoms with Crippen LogP contribution in [0.1, 0.15) is 27.9 Å². The Labute approximate surface area is 217 Å². The molecule has 0 aromatic heterocycles. The first kappa shape index (κ1) is 25.7. The minimum absolute atomic E-state index is 0.0167. The number of likely N-dealkylation sites (N-methyl/N-ethyl adjacent to an activating group) is 1. The third-order valence-corrected chi connectivity index (χ3v) is 8.10. The molecule has 1 amide bonds. The zero-order valence-corrected chi connectivity index (χ0v) is 21.0. The van der Waals surface area contributed by atoms with Gasteiger partial charge in [0, 0.05) is 27.8 Å². The van der Waals surface area contributed by atoms with E-state index in [0.29, 0.717) is 22.3 Å². The van der Waals surface area contributed by atoms with Crippen LogP contribution in [0.2, 0.25) is 0 Å². The number of hydrogen-bond donors (Lipinski definition) is 6. The van der Waals surface area contributed by atoms with Crippen molar-refractivity contribution < 1.29 is 44.7 Å². The number of ether oxygens (including phenoxy) is 1. The van der Waals surface area contributed by atoms with Crippen LogP contribution in [0.25, 0.3) is 10.8 Å². The van der Waals surface area contributed by atoms with E-state index in [0.717, 1.165) is 0 Å². The molecule has 3 aliphatic carbocycles. The number of fused-ring (bicyclic) bond motifs is 4. The number of amides is 1. The van der Waals surface area contributed by atoms with E-state index in [1.54, 1.807) is 26.2 Å². The van der Waals surface area contributed by atoms with Gasteiger partial charge in [0.15, 0.2) is 11.4 Å². The van der Waals surface area contributed by atoms with Crippen LogP contribution in [-0.2, 0) is 22.6 Å². The molecular formula is C27H28N2O9. The average molecular weight is 525 g/mol. The Hall–Kier alpha value is -3.93. The first-order valence-corrected chi connectivity index (χ1v) is 12.0. The van der Waals surface area contributed by atoms with Crippen molar-refractivity contribution in [2.45, 2.75) is 31.1 Å². The Morgan fingerprint density at radius 2 is 1.87 bits per heavy atom. The minimum Gasteiger partial charge on any atom is -0.510 e. The monoisotopic (exact) mass is 524 g/mol. The molecule has 1 unspecified atom stereocenters. The van der Waals surface area contributed by atoms with Gasteiger partial charge in [-0.3, -0.25) is 19.3 Å². The van der Waals surface area contributed by atoms with Gasteiger partial charge in [0.2, 0.25) is 5.78 Å². The van der Waals surface area contributed by atoms with Gasteiger partial charge in [-0.05, 0) is 44.5 Å². The van der Waals surface area contributed by atoms with E-state index in [1.807, 2.05) is 0 Å².